The van der Waals surface area contributed by atoms with Gasteiger partial charge in [-0.05, 0) is 36.4 Å². The lowest BCUT2D eigenvalue weighted by molar-refractivity contribution is -0.116. The van der Waals surface area contributed by atoms with E-state index in [1.165, 1.54) is 11.8 Å². The van der Waals surface area contributed by atoms with Gasteiger partial charge in [0.2, 0.25) is 5.91 Å². The predicted octanol–water partition coefficient (Wildman–Crippen LogP) is 5.07. The zero-order valence-corrected chi connectivity index (χ0v) is 18.0. The van der Waals surface area contributed by atoms with E-state index in [1.807, 2.05) is 83.3 Å². The van der Waals surface area contributed by atoms with E-state index in [4.69, 9.17) is 15.2 Å². The van der Waals surface area contributed by atoms with Crippen molar-refractivity contribution in [3.8, 4) is 6.07 Å². The molecule has 0 aliphatic rings. The molecule has 3 aromatic carbocycles. The Hall–Kier alpha value is -3.89. The highest BCUT2D eigenvalue weighted by Crippen LogP contribution is 2.29. The van der Waals surface area contributed by atoms with Crippen LogP contribution < -0.4 is 4.90 Å². The molecule has 2 heterocycles. The molecule has 0 atom stereocenters. The smallest absolute Gasteiger partial charge is 0.237 e. The summed E-state index contributed by atoms with van der Waals surface area (Å²) >= 11 is 1.39. The third kappa shape index (κ3) is 3.66. The van der Waals surface area contributed by atoms with Crippen molar-refractivity contribution < 1.29 is 4.79 Å². The maximum absolute atomic E-state index is 13.2. The lowest BCUT2D eigenvalue weighted by Gasteiger charge is -2.21. The van der Waals surface area contributed by atoms with Crippen LogP contribution in [0.2, 0.25) is 0 Å². The zero-order chi connectivity index (χ0) is 21.9. The van der Waals surface area contributed by atoms with Crippen molar-refractivity contribution in [2.24, 2.45) is 0 Å². The van der Waals surface area contributed by atoms with Gasteiger partial charge in [0, 0.05) is 17.6 Å². The standard InChI is InChI=1S/C25H19N5OS/c26-15-8-16-29(18-9-2-1-3-10-18)23(31)17-32-25-28-20-12-5-4-11-19(20)24-27-21-13-6-7-14-22(21)30(24)25/h1-7,9-14H,8,16-17H2. The summed E-state index contributed by atoms with van der Waals surface area (Å²) in [6.07, 6.45) is 0.274. The van der Waals surface area contributed by atoms with Gasteiger partial charge < -0.3 is 4.90 Å². The van der Waals surface area contributed by atoms with Gasteiger partial charge in [-0.1, -0.05) is 54.2 Å². The molecular weight excluding hydrogens is 418 g/mol. The molecule has 0 bridgehead atoms. The quantitative estimate of drug-likeness (QED) is 0.274. The van der Waals surface area contributed by atoms with E-state index in [2.05, 4.69) is 6.07 Å². The highest BCUT2D eigenvalue weighted by atomic mass is 32.2. The SMILES string of the molecule is N#CCCN(C(=O)CSc1nc2ccccc2c2nc3ccccc3n12)c1ccccc1. The van der Waals surface area contributed by atoms with Crippen LogP contribution in [-0.4, -0.2) is 32.6 Å². The molecule has 0 aliphatic carbocycles. The number of benzene rings is 3. The number of rotatable bonds is 6. The Morgan fingerprint density at radius 3 is 2.47 bits per heavy atom. The second-order valence-corrected chi connectivity index (χ2v) is 8.19. The van der Waals surface area contributed by atoms with E-state index in [0.717, 1.165) is 33.3 Å². The molecule has 5 aromatic rings. The van der Waals surface area contributed by atoms with E-state index < -0.39 is 0 Å². The van der Waals surface area contributed by atoms with Crippen molar-refractivity contribution in [1.82, 2.24) is 14.4 Å². The number of hydrogen-bond acceptors (Lipinski definition) is 5. The van der Waals surface area contributed by atoms with Crippen LogP contribution >= 0.6 is 11.8 Å². The van der Waals surface area contributed by atoms with Gasteiger partial charge in [-0.3, -0.25) is 9.20 Å². The average Bonchev–Trinajstić information content (AvgIpc) is 3.24. The number of anilines is 1. The van der Waals surface area contributed by atoms with E-state index in [0.29, 0.717) is 11.7 Å². The number of amides is 1. The van der Waals surface area contributed by atoms with E-state index in [1.54, 1.807) is 4.90 Å². The van der Waals surface area contributed by atoms with Gasteiger partial charge in [-0.15, -0.1) is 0 Å². The fraction of sp³-hybridized carbons (Fsp3) is 0.120. The fourth-order valence-corrected chi connectivity index (χ4v) is 4.67. The summed E-state index contributed by atoms with van der Waals surface area (Å²) in [5.74, 6) is 0.136. The van der Waals surface area contributed by atoms with Crippen LogP contribution in [0.15, 0.2) is 84.0 Å². The van der Waals surface area contributed by atoms with E-state index in [-0.39, 0.29) is 18.1 Å². The lowest BCUT2D eigenvalue weighted by Crippen LogP contribution is -2.33. The van der Waals surface area contributed by atoms with Crippen molar-refractivity contribution in [2.45, 2.75) is 11.6 Å². The summed E-state index contributed by atoms with van der Waals surface area (Å²) in [6, 6.07) is 27.4. The average molecular weight is 438 g/mol. The monoisotopic (exact) mass is 437 g/mol. The molecule has 2 aromatic heterocycles. The summed E-state index contributed by atoms with van der Waals surface area (Å²) < 4.78 is 2.03. The molecule has 0 radical (unpaired) electrons. The molecule has 5 rings (SSSR count). The number of carbonyl (C=O) groups is 1. The molecule has 7 heteroatoms. The first-order valence-electron chi connectivity index (χ1n) is 10.3. The van der Waals surface area contributed by atoms with Crippen LogP contribution in [0.5, 0.6) is 0 Å². The fourth-order valence-electron chi connectivity index (χ4n) is 3.78. The number of thioether (sulfide) groups is 1. The van der Waals surface area contributed by atoms with Crippen molar-refractivity contribution in [2.75, 3.05) is 17.2 Å². The minimum atomic E-state index is -0.0658. The summed E-state index contributed by atoms with van der Waals surface area (Å²) in [6.45, 7) is 0.356. The number of nitrogens with zero attached hydrogens (tertiary/aromatic N) is 5. The molecule has 0 unspecified atom stereocenters. The van der Waals surface area contributed by atoms with Gasteiger partial charge in [-0.25, -0.2) is 9.97 Å². The Balaban J connectivity index is 1.53. The molecule has 0 fully saturated rings. The summed E-state index contributed by atoms with van der Waals surface area (Å²) in [5, 5.41) is 10.7. The molecule has 0 spiro atoms. The van der Waals surface area contributed by atoms with Crippen LogP contribution in [0.4, 0.5) is 5.69 Å². The lowest BCUT2D eigenvalue weighted by atomic mass is 10.2. The second kappa shape index (κ2) is 8.69. The summed E-state index contributed by atoms with van der Waals surface area (Å²) in [5.41, 5.74) is 4.31. The Morgan fingerprint density at radius 1 is 0.938 bits per heavy atom. The Morgan fingerprint density at radius 2 is 1.66 bits per heavy atom. The molecular formula is C25H19N5OS. The van der Waals surface area contributed by atoms with Gasteiger partial charge in [-0.2, -0.15) is 5.26 Å². The van der Waals surface area contributed by atoms with E-state index in [9.17, 15) is 4.79 Å². The molecule has 0 saturated heterocycles. The van der Waals surface area contributed by atoms with Gasteiger partial charge in [0.15, 0.2) is 5.16 Å². The van der Waals surface area contributed by atoms with Crippen molar-refractivity contribution >= 4 is 50.9 Å². The topological polar surface area (TPSA) is 74.3 Å². The van der Waals surface area contributed by atoms with Crippen LogP contribution in [0.25, 0.3) is 27.6 Å². The first-order valence-corrected chi connectivity index (χ1v) is 11.3. The van der Waals surface area contributed by atoms with Gasteiger partial charge in [0.1, 0.15) is 5.65 Å². The number of imidazole rings is 1. The molecule has 0 N–H and O–H groups in total. The maximum atomic E-state index is 13.2. The van der Waals surface area contributed by atoms with Crippen LogP contribution in [0.1, 0.15) is 6.42 Å². The first kappa shape index (κ1) is 20.0. The maximum Gasteiger partial charge on any atom is 0.237 e. The second-order valence-electron chi connectivity index (χ2n) is 7.25. The predicted molar refractivity (Wildman–Crippen MR) is 128 cm³/mol. The van der Waals surface area contributed by atoms with Crippen molar-refractivity contribution in [1.29, 1.82) is 5.26 Å². The largest absolute Gasteiger partial charge is 0.311 e. The molecule has 0 aliphatic heterocycles. The Bertz CT molecular complexity index is 1470. The summed E-state index contributed by atoms with van der Waals surface area (Å²) in [4.78, 5) is 24.5. The Labute approximate surface area is 189 Å². The van der Waals surface area contributed by atoms with Gasteiger partial charge in [0.05, 0.1) is 34.8 Å². The van der Waals surface area contributed by atoms with Gasteiger partial charge >= 0.3 is 0 Å². The number of nitriles is 1. The molecule has 0 saturated carbocycles. The van der Waals surface area contributed by atoms with Crippen LogP contribution in [0, 0.1) is 11.3 Å². The minimum Gasteiger partial charge on any atom is -0.311 e. The molecule has 32 heavy (non-hydrogen) atoms. The number of para-hydroxylation sites is 4. The van der Waals surface area contributed by atoms with Gasteiger partial charge in [0.25, 0.3) is 0 Å². The highest BCUT2D eigenvalue weighted by molar-refractivity contribution is 7.99. The third-order valence-electron chi connectivity index (χ3n) is 5.25. The van der Waals surface area contributed by atoms with Crippen LogP contribution in [0.3, 0.4) is 0 Å². The van der Waals surface area contributed by atoms with E-state index >= 15 is 0 Å². The Kier molecular flexibility index (Phi) is 5.44. The zero-order valence-electron chi connectivity index (χ0n) is 17.2. The van der Waals surface area contributed by atoms with Crippen molar-refractivity contribution in [3.05, 3.63) is 78.9 Å². The van der Waals surface area contributed by atoms with Crippen LogP contribution in [-0.2, 0) is 4.79 Å². The summed E-state index contributed by atoms with van der Waals surface area (Å²) in [7, 11) is 0. The first-order chi connectivity index (χ1) is 15.8. The number of carbonyl (C=O) groups excluding carboxylic acids is 1. The minimum absolute atomic E-state index is 0.0658. The molecule has 6 nitrogen and oxygen atoms in total. The van der Waals surface area contributed by atoms with Crippen molar-refractivity contribution in [3.63, 3.8) is 0 Å². The molecule has 156 valence electrons. The number of fused-ring (bicyclic) bond motifs is 5. The third-order valence-corrected chi connectivity index (χ3v) is 6.18. The number of hydrogen-bond donors (Lipinski definition) is 0. The number of aromatic nitrogens is 3. The normalized spacial score (nSPS) is 11.1. The molecule has 1 amide bonds. The highest BCUT2D eigenvalue weighted by Gasteiger charge is 2.19.